The summed E-state index contributed by atoms with van der Waals surface area (Å²) < 4.78 is 5.12. The highest BCUT2D eigenvalue weighted by Crippen LogP contribution is 2.18. The van der Waals surface area contributed by atoms with Crippen LogP contribution in [0.1, 0.15) is 34.6 Å². The molecule has 7 nitrogen and oxygen atoms in total. The molecular weight excluding hydrogens is 358 g/mol. The molecule has 0 bridgehead atoms. The molecule has 0 aliphatic heterocycles. The SMILES string of the molecule is C[C@@H](NC(=O)OC(C)(C)C)C(=O)N[C@H](C)C(=O)Nc1ccc2ccccc2c1. The summed E-state index contributed by atoms with van der Waals surface area (Å²) in [7, 11) is 0. The van der Waals surface area contributed by atoms with Crippen molar-refractivity contribution < 1.29 is 19.1 Å². The Morgan fingerprint density at radius 2 is 1.46 bits per heavy atom. The normalized spacial score (nSPS) is 13.3. The van der Waals surface area contributed by atoms with Crippen molar-refractivity contribution in [2.24, 2.45) is 0 Å². The maximum atomic E-state index is 12.4. The molecule has 2 rings (SSSR count). The van der Waals surface area contributed by atoms with Crippen molar-refractivity contribution in [3.05, 3.63) is 42.5 Å². The fourth-order valence-electron chi connectivity index (χ4n) is 2.47. The van der Waals surface area contributed by atoms with Crippen molar-refractivity contribution in [2.45, 2.75) is 52.3 Å². The van der Waals surface area contributed by atoms with E-state index in [4.69, 9.17) is 4.74 Å². The van der Waals surface area contributed by atoms with Crippen LogP contribution in [0.4, 0.5) is 10.5 Å². The van der Waals surface area contributed by atoms with Gasteiger partial charge < -0.3 is 20.7 Å². The molecule has 7 heteroatoms. The van der Waals surface area contributed by atoms with E-state index in [-0.39, 0.29) is 5.91 Å². The second-order valence-corrected chi connectivity index (χ2v) is 7.65. The third-order valence-electron chi connectivity index (χ3n) is 3.90. The first-order valence-electron chi connectivity index (χ1n) is 9.15. The Hall–Kier alpha value is -3.09. The third-order valence-corrected chi connectivity index (χ3v) is 3.90. The van der Waals surface area contributed by atoms with Gasteiger partial charge in [0.05, 0.1) is 0 Å². The molecule has 0 saturated carbocycles. The molecule has 150 valence electrons. The van der Waals surface area contributed by atoms with E-state index < -0.39 is 29.7 Å². The number of benzene rings is 2. The molecule has 28 heavy (non-hydrogen) atoms. The molecule has 2 atom stereocenters. The zero-order valence-electron chi connectivity index (χ0n) is 16.8. The van der Waals surface area contributed by atoms with Crippen LogP contribution in [0.2, 0.25) is 0 Å². The Labute approximate surface area is 164 Å². The van der Waals surface area contributed by atoms with Crippen LogP contribution in [0.3, 0.4) is 0 Å². The molecule has 0 radical (unpaired) electrons. The average Bonchev–Trinajstić information content (AvgIpc) is 2.59. The number of rotatable bonds is 5. The number of hydrogen-bond acceptors (Lipinski definition) is 4. The van der Waals surface area contributed by atoms with Gasteiger partial charge in [-0.25, -0.2) is 4.79 Å². The molecule has 0 aliphatic carbocycles. The number of anilines is 1. The summed E-state index contributed by atoms with van der Waals surface area (Å²) >= 11 is 0. The van der Waals surface area contributed by atoms with Crippen molar-refractivity contribution in [1.82, 2.24) is 10.6 Å². The third kappa shape index (κ3) is 6.26. The molecule has 0 unspecified atom stereocenters. The molecule has 2 aromatic carbocycles. The Bertz CT molecular complexity index is 873. The van der Waals surface area contributed by atoms with Crippen LogP contribution in [0.5, 0.6) is 0 Å². The predicted octanol–water partition coefficient (Wildman–Crippen LogP) is 3.20. The first-order chi connectivity index (χ1) is 13.0. The largest absolute Gasteiger partial charge is 0.444 e. The Kier molecular flexibility index (Phi) is 6.62. The molecule has 0 aromatic heterocycles. The van der Waals surface area contributed by atoms with Gasteiger partial charge in [0.25, 0.3) is 0 Å². The number of carbonyl (C=O) groups is 3. The highest BCUT2D eigenvalue weighted by Gasteiger charge is 2.23. The van der Waals surface area contributed by atoms with E-state index in [1.54, 1.807) is 27.7 Å². The van der Waals surface area contributed by atoms with E-state index in [1.165, 1.54) is 6.92 Å². The number of ether oxygens (including phenoxy) is 1. The topological polar surface area (TPSA) is 96.5 Å². The summed E-state index contributed by atoms with van der Waals surface area (Å²) in [4.78, 5) is 36.4. The minimum absolute atomic E-state index is 0.354. The van der Waals surface area contributed by atoms with Crippen LogP contribution < -0.4 is 16.0 Å². The van der Waals surface area contributed by atoms with Gasteiger partial charge in [0.15, 0.2) is 0 Å². The molecule has 3 amide bonds. The number of hydrogen-bond donors (Lipinski definition) is 3. The summed E-state index contributed by atoms with van der Waals surface area (Å²) in [6.07, 6.45) is -0.691. The molecule has 0 spiro atoms. The van der Waals surface area contributed by atoms with Crippen LogP contribution in [-0.4, -0.2) is 35.6 Å². The molecule has 0 heterocycles. The average molecular weight is 385 g/mol. The standard InChI is InChI=1S/C21H27N3O4/c1-13(22-18(25)14(2)23-20(27)28-21(3,4)5)19(26)24-17-11-10-15-8-6-7-9-16(15)12-17/h6-14H,1-5H3,(H,22,25)(H,23,27)(H,24,26)/t13-,14-/m1/s1. The van der Waals surface area contributed by atoms with Gasteiger partial charge in [-0.15, -0.1) is 0 Å². The second kappa shape index (κ2) is 8.73. The van der Waals surface area contributed by atoms with Crippen LogP contribution in [0, 0.1) is 0 Å². The maximum Gasteiger partial charge on any atom is 0.408 e. The van der Waals surface area contributed by atoms with E-state index in [9.17, 15) is 14.4 Å². The van der Waals surface area contributed by atoms with Crippen LogP contribution in [-0.2, 0) is 14.3 Å². The minimum Gasteiger partial charge on any atom is -0.444 e. The van der Waals surface area contributed by atoms with Gasteiger partial charge in [-0.1, -0.05) is 30.3 Å². The van der Waals surface area contributed by atoms with Gasteiger partial charge in [0.2, 0.25) is 11.8 Å². The quantitative estimate of drug-likeness (QED) is 0.736. The van der Waals surface area contributed by atoms with Gasteiger partial charge >= 0.3 is 6.09 Å². The van der Waals surface area contributed by atoms with Gasteiger partial charge in [0, 0.05) is 5.69 Å². The van der Waals surface area contributed by atoms with Crippen LogP contribution in [0.15, 0.2) is 42.5 Å². The highest BCUT2D eigenvalue weighted by molar-refractivity contribution is 5.99. The lowest BCUT2D eigenvalue weighted by atomic mass is 10.1. The van der Waals surface area contributed by atoms with Crippen molar-refractivity contribution >= 4 is 34.4 Å². The summed E-state index contributed by atoms with van der Waals surface area (Å²) in [6.45, 7) is 8.30. The van der Waals surface area contributed by atoms with Crippen molar-refractivity contribution in [3.63, 3.8) is 0 Å². The van der Waals surface area contributed by atoms with E-state index in [0.717, 1.165) is 10.8 Å². The Morgan fingerprint density at radius 3 is 2.11 bits per heavy atom. The van der Waals surface area contributed by atoms with Gasteiger partial charge in [-0.05, 0) is 57.5 Å². The van der Waals surface area contributed by atoms with Gasteiger partial charge in [-0.3, -0.25) is 9.59 Å². The second-order valence-electron chi connectivity index (χ2n) is 7.65. The first kappa shape index (κ1) is 21.2. The number of alkyl carbamates (subject to hydrolysis) is 1. The molecule has 2 aromatic rings. The zero-order chi connectivity index (χ0) is 20.9. The van der Waals surface area contributed by atoms with Gasteiger partial charge in [-0.2, -0.15) is 0 Å². The number of fused-ring (bicyclic) bond motifs is 1. The number of nitrogens with one attached hydrogen (secondary N) is 3. The first-order valence-corrected chi connectivity index (χ1v) is 9.15. The van der Waals surface area contributed by atoms with E-state index in [0.29, 0.717) is 5.69 Å². The summed E-state index contributed by atoms with van der Waals surface area (Å²) in [5.41, 5.74) is -0.0161. The Morgan fingerprint density at radius 1 is 0.857 bits per heavy atom. The minimum atomic E-state index is -0.842. The van der Waals surface area contributed by atoms with Crippen molar-refractivity contribution in [1.29, 1.82) is 0 Å². The maximum absolute atomic E-state index is 12.4. The molecular formula is C21H27N3O4. The molecule has 0 aliphatic rings. The molecule has 0 saturated heterocycles. The lowest BCUT2D eigenvalue weighted by molar-refractivity contribution is -0.127. The van der Waals surface area contributed by atoms with E-state index >= 15 is 0 Å². The lowest BCUT2D eigenvalue weighted by Gasteiger charge is -2.22. The summed E-state index contributed by atoms with van der Waals surface area (Å²) in [5.74, 6) is -0.833. The highest BCUT2D eigenvalue weighted by atomic mass is 16.6. The van der Waals surface area contributed by atoms with Crippen molar-refractivity contribution in [3.8, 4) is 0 Å². The smallest absolute Gasteiger partial charge is 0.408 e. The fraction of sp³-hybridized carbons (Fsp3) is 0.381. The number of amides is 3. The summed E-state index contributed by atoms with van der Waals surface area (Å²) in [6, 6.07) is 11.8. The van der Waals surface area contributed by atoms with Crippen molar-refractivity contribution in [2.75, 3.05) is 5.32 Å². The molecule has 0 fully saturated rings. The van der Waals surface area contributed by atoms with Crippen LogP contribution >= 0.6 is 0 Å². The monoisotopic (exact) mass is 385 g/mol. The van der Waals surface area contributed by atoms with Gasteiger partial charge in [0.1, 0.15) is 17.7 Å². The summed E-state index contributed by atoms with van der Waals surface area (Å²) in [5, 5.41) is 9.89. The Balaban J connectivity index is 1.89. The number of carbonyl (C=O) groups excluding carboxylic acids is 3. The van der Waals surface area contributed by atoms with Crippen LogP contribution in [0.25, 0.3) is 10.8 Å². The predicted molar refractivity (Wildman–Crippen MR) is 109 cm³/mol. The van der Waals surface area contributed by atoms with E-state index in [2.05, 4.69) is 16.0 Å². The van der Waals surface area contributed by atoms with E-state index in [1.807, 2.05) is 42.5 Å². The lowest BCUT2D eigenvalue weighted by Crippen LogP contribution is -2.51. The molecule has 3 N–H and O–H groups in total. The zero-order valence-corrected chi connectivity index (χ0v) is 16.8. The fourth-order valence-corrected chi connectivity index (χ4v) is 2.47.